The van der Waals surface area contributed by atoms with Gasteiger partial charge in [0.25, 0.3) is 5.56 Å². The normalized spacial score (nSPS) is 12.7. The predicted octanol–water partition coefficient (Wildman–Crippen LogP) is 7.75. The van der Waals surface area contributed by atoms with Gasteiger partial charge in [0.2, 0.25) is 0 Å². The number of halogens is 6. The standard InChI is InChI=1S/C30H28F6N4O3/c1-5-12-39(28(42)37-21-15-19(29(31,32)33)14-20(16-21)30(34,35)36)18(3)26-38-23-9-7-6-8-22(23)27(41)40(26)24-13-17(2)10-11-25(24)43-4/h6-11,13-16,18H,5,12H2,1-4H3,(H,37,42). The highest BCUT2D eigenvalue weighted by Crippen LogP contribution is 2.38. The number of hydrogen-bond acceptors (Lipinski definition) is 4. The molecule has 1 aromatic heterocycles. The van der Waals surface area contributed by atoms with Crippen LogP contribution in [-0.4, -0.2) is 34.1 Å². The van der Waals surface area contributed by atoms with Gasteiger partial charge in [-0.2, -0.15) is 26.3 Å². The van der Waals surface area contributed by atoms with E-state index in [0.29, 0.717) is 35.5 Å². The monoisotopic (exact) mass is 606 g/mol. The van der Waals surface area contributed by atoms with E-state index in [1.54, 1.807) is 56.3 Å². The second kappa shape index (κ2) is 12.0. The number of hydrogen-bond donors (Lipinski definition) is 1. The van der Waals surface area contributed by atoms with E-state index in [9.17, 15) is 35.9 Å². The van der Waals surface area contributed by atoms with Crippen molar-refractivity contribution in [1.82, 2.24) is 14.5 Å². The summed E-state index contributed by atoms with van der Waals surface area (Å²) in [6.07, 6.45) is -9.80. The Hall–Kier alpha value is -4.55. The molecule has 13 heteroatoms. The van der Waals surface area contributed by atoms with Gasteiger partial charge in [-0.3, -0.25) is 9.36 Å². The van der Waals surface area contributed by atoms with Crippen molar-refractivity contribution < 1.29 is 35.9 Å². The Morgan fingerprint density at radius 2 is 1.63 bits per heavy atom. The molecule has 0 saturated heterocycles. The summed E-state index contributed by atoms with van der Waals surface area (Å²) in [6, 6.07) is 10.6. The fraction of sp³-hybridized carbons (Fsp3) is 0.300. The summed E-state index contributed by atoms with van der Waals surface area (Å²) in [6.45, 7) is 5.15. The van der Waals surface area contributed by atoms with E-state index in [1.807, 2.05) is 6.92 Å². The number of anilines is 1. The molecule has 228 valence electrons. The van der Waals surface area contributed by atoms with E-state index < -0.39 is 46.8 Å². The SMILES string of the molecule is CCCN(C(=O)Nc1cc(C(F)(F)F)cc(C(F)(F)F)c1)C(C)c1nc2ccccc2c(=O)n1-c1cc(C)ccc1OC. The highest BCUT2D eigenvalue weighted by atomic mass is 19.4. The third-order valence-electron chi connectivity index (χ3n) is 6.78. The second-order valence-electron chi connectivity index (χ2n) is 9.90. The van der Waals surface area contributed by atoms with Crippen LogP contribution in [0.1, 0.15) is 48.8 Å². The minimum absolute atomic E-state index is 0.0188. The Kier molecular flexibility index (Phi) is 8.74. The number of amides is 2. The number of nitrogens with one attached hydrogen (secondary N) is 1. The largest absolute Gasteiger partial charge is 0.495 e. The average molecular weight is 607 g/mol. The first-order chi connectivity index (χ1) is 20.1. The van der Waals surface area contributed by atoms with Gasteiger partial charge in [-0.05, 0) is 68.3 Å². The van der Waals surface area contributed by atoms with E-state index in [-0.39, 0.29) is 23.8 Å². The summed E-state index contributed by atoms with van der Waals surface area (Å²) in [5, 5.41) is 2.48. The molecule has 7 nitrogen and oxygen atoms in total. The molecule has 43 heavy (non-hydrogen) atoms. The molecule has 1 N–H and O–H groups in total. The number of nitrogens with zero attached hydrogens (tertiary/aromatic N) is 3. The third-order valence-corrected chi connectivity index (χ3v) is 6.78. The number of para-hydroxylation sites is 1. The van der Waals surface area contributed by atoms with Crippen molar-refractivity contribution in [3.8, 4) is 11.4 Å². The van der Waals surface area contributed by atoms with E-state index in [4.69, 9.17) is 9.72 Å². The van der Waals surface area contributed by atoms with Crippen molar-refractivity contribution >= 4 is 22.6 Å². The van der Waals surface area contributed by atoms with Crippen LogP contribution in [0.3, 0.4) is 0 Å². The molecule has 1 atom stereocenters. The molecule has 0 aliphatic carbocycles. The number of fused-ring (bicyclic) bond motifs is 1. The van der Waals surface area contributed by atoms with Crippen LogP contribution in [0.4, 0.5) is 36.8 Å². The van der Waals surface area contributed by atoms with Crippen LogP contribution in [0.2, 0.25) is 0 Å². The van der Waals surface area contributed by atoms with Gasteiger partial charge in [0.15, 0.2) is 0 Å². The molecular weight excluding hydrogens is 578 g/mol. The lowest BCUT2D eigenvalue weighted by Crippen LogP contribution is -2.40. The van der Waals surface area contributed by atoms with Crippen molar-refractivity contribution in [3.63, 3.8) is 0 Å². The summed E-state index contributed by atoms with van der Waals surface area (Å²) in [4.78, 5) is 33.3. The smallest absolute Gasteiger partial charge is 0.416 e. The zero-order chi connectivity index (χ0) is 31.7. The van der Waals surface area contributed by atoms with Gasteiger partial charge >= 0.3 is 18.4 Å². The Labute approximate surface area is 242 Å². The molecule has 0 aliphatic heterocycles. The van der Waals surface area contributed by atoms with E-state index >= 15 is 0 Å². The Bertz CT molecular complexity index is 1680. The second-order valence-corrected chi connectivity index (χ2v) is 9.90. The number of rotatable bonds is 7. The van der Waals surface area contributed by atoms with Crippen LogP contribution in [0, 0.1) is 6.92 Å². The molecule has 4 aromatic rings. The number of alkyl halides is 6. The van der Waals surface area contributed by atoms with E-state index in [2.05, 4.69) is 5.32 Å². The van der Waals surface area contributed by atoms with Crippen LogP contribution >= 0.6 is 0 Å². The van der Waals surface area contributed by atoms with Gasteiger partial charge in [-0.15, -0.1) is 0 Å². The predicted molar refractivity (Wildman–Crippen MR) is 150 cm³/mol. The number of ether oxygens (including phenoxy) is 1. The lowest BCUT2D eigenvalue weighted by molar-refractivity contribution is -0.143. The maximum atomic E-state index is 13.9. The molecular formula is C30H28F6N4O3. The summed E-state index contributed by atoms with van der Waals surface area (Å²) in [7, 11) is 1.43. The van der Waals surface area contributed by atoms with Crippen molar-refractivity contribution in [2.45, 2.75) is 45.6 Å². The number of aryl methyl sites for hydroxylation is 1. The highest BCUT2D eigenvalue weighted by molar-refractivity contribution is 5.90. The van der Waals surface area contributed by atoms with Crippen molar-refractivity contribution in [3.05, 3.63) is 93.5 Å². The van der Waals surface area contributed by atoms with Crippen LogP contribution in [0.15, 0.2) is 65.5 Å². The van der Waals surface area contributed by atoms with Gasteiger partial charge in [0.1, 0.15) is 11.6 Å². The van der Waals surface area contributed by atoms with Gasteiger partial charge < -0.3 is 15.0 Å². The molecule has 0 fully saturated rings. The number of benzene rings is 3. The van der Waals surface area contributed by atoms with Crippen LogP contribution in [0.25, 0.3) is 16.6 Å². The molecule has 3 aromatic carbocycles. The van der Waals surface area contributed by atoms with Gasteiger partial charge in [0.05, 0.1) is 40.9 Å². The van der Waals surface area contributed by atoms with E-state index in [1.165, 1.54) is 16.6 Å². The van der Waals surface area contributed by atoms with Gasteiger partial charge in [-0.1, -0.05) is 25.1 Å². The van der Waals surface area contributed by atoms with Gasteiger partial charge in [-0.25, -0.2) is 9.78 Å². The first-order valence-electron chi connectivity index (χ1n) is 13.2. The zero-order valence-corrected chi connectivity index (χ0v) is 23.6. The fourth-order valence-corrected chi connectivity index (χ4v) is 4.71. The van der Waals surface area contributed by atoms with Gasteiger partial charge in [0, 0.05) is 12.2 Å². The molecule has 0 radical (unpaired) electrons. The summed E-state index contributed by atoms with van der Waals surface area (Å²) in [5.74, 6) is 0.449. The Balaban J connectivity index is 1.86. The van der Waals surface area contributed by atoms with Crippen molar-refractivity contribution in [1.29, 1.82) is 0 Å². The number of urea groups is 1. The molecule has 1 unspecified atom stereocenters. The topological polar surface area (TPSA) is 76.5 Å². The molecule has 1 heterocycles. The fourth-order valence-electron chi connectivity index (χ4n) is 4.71. The third kappa shape index (κ3) is 6.60. The first kappa shape index (κ1) is 31.4. The lowest BCUT2D eigenvalue weighted by Gasteiger charge is -2.31. The highest BCUT2D eigenvalue weighted by Gasteiger charge is 2.37. The van der Waals surface area contributed by atoms with E-state index in [0.717, 1.165) is 5.56 Å². The Morgan fingerprint density at radius 3 is 2.21 bits per heavy atom. The molecule has 4 rings (SSSR count). The number of methoxy groups -OCH3 is 1. The Morgan fingerprint density at radius 1 is 1.00 bits per heavy atom. The van der Waals surface area contributed by atoms with Crippen molar-refractivity contribution in [2.75, 3.05) is 19.0 Å². The zero-order valence-electron chi connectivity index (χ0n) is 23.6. The number of aromatic nitrogens is 2. The number of carbonyl (C=O) groups is 1. The molecule has 0 bridgehead atoms. The molecule has 0 spiro atoms. The molecule has 0 saturated carbocycles. The van der Waals surface area contributed by atoms with Crippen molar-refractivity contribution in [2.24, 2.45) is 0 Å². The summed E-state index contributed by atoms with van der Waals surface area (Å²) in [5.41, 5.74) is -2.80. The lowest BCUT2D eigenvalue weighted by atomic mass is 10.1. The van der Waals surface area contributed by atoms with Crippen LogP contribution in [-0.2, 0) is 12.4 Å². The van der Waals surface area contributed by atoms with Crippen LogP contribution < -0.4 is 15.6 Å². The number of carbonyl (C=O) groups excluding carboxylic acids is 1. The minimum Gasteiger partial charge on any atom is -0.495 e. The summed E-state index contributed by atoms with van der Waals surface area (Å²) >= 11 is 0. The van der Waals surface area contributed by atoms with Crippen LogP contribution in [0.5, 0.6) is 5.75 Å². The quantitative estimate of drug-likeness (QED) is 0.218. The molecule has 2 amide bonds. The maximum absolute atomic E-state index is 13.9. The first-order valence-corrected chi connectivity index (χ1v) is 13.2. The minimum atomic E-state index is -5.09. The maximum Gasteiger partial charge on any atom is 0.416 e. The average Bonchev–Trinajstić information content (AvgIpc) is 2.94. The molecule has 0 aliphatic rings. The summed E-state index contributed by atoms with van der Waals surface area (Å²) < 4.78 is 87.3.